The van der Waals surface area contributed by atoms with E-state index in [0.29, 0.717) is 24.5 Å². The largest absolute Gasteiger partial charge is 0.497 e. The highest BCUT2D eigenvalue weighted by atomic mass is 16.5. The van der Waals surface area contributed by atoms with Gasteiger partial charge in [-0.15, -0.1) is 0 Å². The van der Waals surface area contributed by atoms with Gasteiger partial charge in [-0.2, -0.15) is 5.26 Å². The number of nitriles is 1. The van der Waals surface area contributed by atoms with E-state index in [1.165, 1.54) is 0 Å². The van der Waals surface area contributed by atoms with E-state index < -0.39 is 0 Å². The summed E-state index contributed by atoms with van der Waals surface area (Å²) < 4.78 is 20.6. The summed E-state index contributed by atoms with van der Waals surface area (Å²) in [5, 5.41) is 12.2. The van der Waals surface area contributed by atoms with Gasteiger partial charge in [-0.25, -0.2) is 4.98 Å². The van der Waals surface area contributed by atoms with Crippen LogP contribution in [0.25, 0.3) is 0 Å². The molecular formula is C24H28N4O4. The highest BCUT2D eigenvalue weighted by molar-refractivity contribution is 5.52. The summed E-state index contributed by atoms with van der Waals surface area (Å²) in [5.74, 6) is 3.58. The van der Waals surface area contributed by atoms with Gasteiger partial charge in [0, 0.05) is 42.5 Å². The molecule has 0 aliphatic rings. The summed E-state index contributed by atoms with van der Waals surface area (Å²) >= 11 is 0. The van der Waals surface area contributed by atoms with E-state index in [2.05, 4.69) is 16.4 Å². The van der Waals surface area contributed by atoms with Crippen LogP contribution in [-0.4, -0.2) is 33.4 Å². The van der Waals surface area contributed by atoms with Gasteiger partial charge in [-0.3, -0.25) is 0 Å². The lowest BCUT2D eigenvalue weighted by Gasteiger charge is -2.12. The number of pyridine rings is 1. The zero-order chi connectivity index (χ0) is 23.3. The minimum absolute atomic E-state index is 0.479. The van der Waals surface area contributed by atoms with Gasteiger partial charge in [-0.05, 0) is 30.3 Å². The maximum absolute atomic E-state index is 9.01. The fourth-order valence-corrected chi connectivity index (χ4v) is 2.83. The Morgan fingerprint density at radius 3 is 2.00 bits per heavy atom. The number of hydrogen-bond acceptors (Lipinski definition) is 8. The van der Waals surface area contributed by atoms with Crippen LogP contribution in [0.2, 0.25) is 0 Å². The topological polar surface area (TPSA) is 112 Å². The molecule has 0 bridgehead atoms. The summed E-state index contributed by atoms with van der Waals surface area (Å²) in [5.41, 5.74) is 7.96. The molecule has 0 amide bonds. The zero-order valence-corrected chi connectivity index (χ0v) is 18.7. The molecule has 32 heavy (non-hydrogen) atoms. The number of ether oxygens (including phenoxy) is 4. The van der Waals surface area contributed by atoms with E-state index in [0.717, 1.165) is 34.1 Å². The van der Waals surface area contributed by atoms with Gasteiger partial charge in [-0.1, -0.05) is 6.07 Å². The average molecular weight is 437 g/mol. The normalized spacial score (nSPS) is 9.62. The second-order valence-corrected chi connectivity index (χ2v) is 6.42. The molecule has 1 heterocycles. The van der Waals surface area contributed by atoms with Crippen LogP contribution in [0.3, 0.4) is 0 Å². The number of nitrogens with zero attached hydrogens (tertiary/aromatic N) is 2. The van der Waals surface area contributed by atoms with E-state index >= 15 is 0 Å². The van der Waals surface area contributed by atoms with Crippen LogP contribution >= 0.6 is 0 Å². The first kappa shape index (κ1) is 24.3. The summed E-state index contributed by atoms with van der Waals surface area (Å²) in [6.45, 7) is 0.992. The highest BCUT2D eigenvalue weighted by Gasteiger charge is 2.07. The average Bonchev–Trinajstić information content (AvgIpc) is 2.87. The smallest absolute Gasteiger partial charge is 0.144 e. The number of anilines is 1. The lowest BCUT2D eigenvalue weighted by molar-refractivity contribution is 0.391. The number of hydrogen-bond donors (Lipinski definition) is 2. The van der Waals surface area contributed by atoms with Crippen LogP contribution < -0.4 is 30.0 Å². The standard InChI is InChI=1S/C15H15N3O2.C9H13NO2/c1-19-13-6-5-12(14(8-13)20-2)10-18-15-11(9-16)4-3-7-17-15;1-11-8-4-3-7(6-10)9(5-8)12-2/h3-8H,10H2,1-2H3,(H,17,18);3-5H,6,10H2,1-2H3. The van der Waals surface area contributed by atoms with Crippen molar-refractivity contribution < 1.29 is 18.9 Å². The molecule has 0 atom stereocenters. The zero-order valence-electron chi connectivity index (χ0n) is 18.7. The maximum Gasteiger partial charge on any atom is 0.144 e. The number of benzene rings is 2. The second kappa shape index (κ2) is 12.7. The van der Waals surface area contributed by atoms with Crippen LogP contribution in [0, 0.1) is 11.3 Å². The van der Waals surface area contributed by atoms with Crippen LogP contribution in [0.15, 0.2) is 54.7 Å². The second-order valence-electron chi connectivity index (χ2n) is 6.42. The summed E-state index contributed by atoms with van der Waals surface area (Å²) in [7, 11) is 6.46. The molecule has 0 fully saturated rings. The molecule has 0 aliphatic heterocycles. The molecular weight excluding hydrogens is 408 g/mol. The molecule has 1 aromatic heterocycles. The summed E-state index contributed by atoms with van der Waals surface area (Å²) in [6.07, 6.45) is 1.65. The van der Waals surface area contributed by atoms with Crippen LogP contribution in [-0.2, 0) is 13.1 Å². The predicted molar refractivity (Wildman–Crippen MR) is 123 cm³/mol. The van der Waals surface area contributed by atoms with Crippen molar-refractivity contribution in [1.82, 2.24) is 4.98 Å². The van der Waals surface area contributed by atoms with Crippen LogP contribution in [0.4, 0.5) is 5.82 Å². The van der Waals surface area contributed by atoms with Gasteiger partial charge < -0.3 is 30.0 Å². The molecule has 168 valence electrons. The Hall–Kier alpha value is -3.96. The third-order valence-corrected chi connectivity index (χ3v) is 4.58. The minimum atomic E-state index is 0.479. The molecule has 8 heteroatoms. The third kappa shape index (κ3) is 6.52. The summed E-state index contributed by atoms with van der Waals surface area (Å²) in [6, 6.07) is 16.7. The monoisotopic (exact) mass is 436 g/mol. The van der Waals surface area contributed by atoms with Crippen molar-refractivity contribution in [3.05, 3.63) is 71.4 Å². The molecule has 3 N–H and O–H groups in total. The van der Waals surface area contributed by atoms with Gasteiger partial charge in [0.05, 0.1) is 34.0 Å². The van der Waals surface area contributed by atoms with Crippen LogP contribution in [0.5, 0.6) is 23.0 Å². The lowest BCUT2D eigenvalue weighted by atomic mass is 10.2. The van der Waals surface area contributed by atoms with E-state index in [1.54, 1.807) is 46.8 Å². The highest BCUT2D eigenvalue weighted by Crippen LogP contribution is 2.26. The molecule has 0 spiro atoms. The van der Waals surface area contributed by atoms with Gasteiger partial charge in [0.2, 0.25) is 0 Å². The van der Waals surface area contributed by atoms with Crippen molar-refractivity contribution in [3.63, 3.8) is 0 Å². The molecule has 3 aromatic rings. The van der Waals surface area contributed by atoms with Crippen molar-refractivity contribution in [3.8, 4) is 29.1 Å². The number of aromatic nitrogens is 1. The van der Waals surface area contributed by atoms with E-state index in [4.69, 9.17) is 29.9 Å². The number of methoxy groups -OCH3 is 4. The maximum atomic E-state index is 9.01. The van der Waals surface area contributed by atoms with E-state index in [-0.39, 0.29) is 0 Å². The first-order valence-electron chi connectivity index (χ1n) is 9.81. The molecule has 8 nitrogen and oxygen atoms in total. The Labute approximate surface area is 188 Å². The fourth-order valence-electron chi connectivity index (χ4n) is 2.83. The molecule has 2 aromatic carbocycles. The molecule has 0 saturated carbocycles. The minimum Gasteiger partial charge on any atom is -0.497 e. The molecule has 0 radical (unpaired) electrons. The number of nitrogens with two attached hydrogens (primary N) is 1. The van der Waals surface area contributed by atoms with E-state index in [1.807, 2.05) is 36.4 Å². The SMILES string of the molecule is COc1ccc(CN)c(OC)c1.COc1ccc(CNc2ncccc2C#N)c(OC)c1. The number of nitrogens with one attached hydrogen (secondary N) is 1. The molecule has 0 unspecified atom stereocenters. The van der Waals surface area contributed by atoms with Crippen molar-refractivity contribution in [2.45, 2.75) is 13.1 Å². The first-order chi connectivity index (χ1) is 15.6. The van der Waals surface area contributed by atoms with Crippen molar-refractivity contribution in [2.75, 3.05) is 33.8 Å². The lowest BCUT2D eigenvalue weighted by Crippen LogP contribution is -2.04. The molecule has 0 aliphatic carbocycles. The Kier molecular flexibility index (Phi) is 9.63. The van der Waals surface area contributed by atoms with Gasteiger partial charge in [0.1, 0.15) is 34.9 Å². The van der Waals surface area contributed by atoms with Gasteiger partial charge >= 0.3 is 0 Å². The summed E-state index contributed by atoms with van der Waals surface area (Å²) in [4.78, 5) is 4.15. The quantitative estimate of drug-likeness (QED) is 0.549. The molecule has 0 saturated heterocycles. The Balaban J connectivity index is 0.000000258. The first-order valence-corrected chi connectivity index (χ1v) is 9.81. The van der Waals surface area contributed by atoms with Crippen LogP contribution in [0.1, 0.15) is 16.7 Å². The Morgan fingerprint density at radius 1 is 0.875 bits per heavy atom. The van der Waals surface area contributed by atoms with Crippen molar-refractivity contribution in [1.29, 1.82) is 5.26 Å². The van der Waals surface area contributed by atoms with Crippen molar-refractivity contribution in [2.24, 2.45) is 5.73 Å². The van der Waals surface area contributed by atoms with E-state index in [9.17, 15) is 0 Å². The van der Waals surface area contributed by atoms with Gasteiger partial charge in [0.25, 0.3) is 0 Å². The van der Waals surface area contributed by atoms with Gasteiger partial charge in [0.15, 0.2) is 0 Å². The Morgan fingerprint density at radius 2 is 1.47 bits per heavy atom. The Bertz CT molecular complexity index is 1050. The molecule has 3 rings (SSSR count). The predicted octanol–water partition coefficient (Wildman–Crippen LogP) is 3.75. The third-order valence-electron chi connectivity index (χ3n) is 4.58. The fraction of sp³-hybridized carbons (Fsp3) is 0.250. The number of rotatable bonds is 8. The van der Waals surface area contributed by atoms with Crippen molar-refractivity contribution >= 4 is 5.82 Å².